The maximum atomic E-state index is 12.1. The van der Waals surface area contributed by atoms with E-state index in [0.29, 0.717) is 16.1 Å². The summed E-state index contributed by atoms with van der Waals surface area (Å²) in [6, 6.07) is 7.69. The summed E-state index contributed by atoms with van der Waals surface area (Å²) in [5.74, 6) is -0.845. The fourth-order valence-corrected chi connectivity index (χ4v) is 2.68. The first-order valence-corrected chi connectivity index (χ1v) is 7.21. The molecule has 21 heavy (non-hydrogen) atoms. The quantitative estimate of drug-likeness (QED) is 0.851. The average molecular weight is 305 g/mol. The van der Waals surface area contributed by atoms with Crippen molar-refractivity contribution in [2.45, 2.75) is 13.8 Å². The first kappa shape index (κ1) is 15.1. The van der Waals surface area contributed by atoms with Gasteiger partial charge < -0.3 is 15.2 Å². The third kappa shape index (κ3) is 3.61. The molecule has 2 rings (SSSR count). The van der Waals surface area contributed by atoms with Gasteiger partial charge in [-0.3, -0.25) is 4.79 Å². The number of hydrogen-bond donors (Lipinski definition) is 2. The van der Waals surface area contributed by atoms with E-state index in [2.05, 4.69) is 5.32 Å². The van der Waals surface area contributed by atoms with Crippen LogP contribution in [-0.4, -0.2) is 23.6 Å². The zero-order chi connectivity index (χ0) is 15.4. The minimum absolute atomic E-state index is 0.00984. The van der Waals surface area contributed by atoms with Crippen LogP contribution in [0.15, 0.2) is 30.3 Å². The molecule has 0 fully saturated rings. The zero-order valence-corrected chi connectivity index (χ0v) is 12.5. The molecule has 1 amide bonds. The van der Waals surface area contributed by atoms with Crippen LogP contribution in [0, 0.1) is 6.92 Å². The van der Waals surface area contributed by atoms with Crippen LogP contribution in [0.3, 0.4) is 0 Å². The van der Waals surface area contributed by atoms with E-state index in [1.54, 1.807) is 25.1 Å². The van der Waals surface area contributed by atoms with Gasteiger partial charge in [0.2, 0.25) is 0 Å². The van der Waals surface area contributed by atoms with Crippen LogP contribution in [-0.2, 0) is 4.74 Å². The fraction of sp³-hybridized carbons (Fsp3) is 0.200. The van der Waals surface area contributed by atoms with Gasteiger partial charge in [-0.2, -0.15) is 0 Å². The van der Waals surface area contributed by atoms with E-state index >= 15 is 0 Å². The molecule has 0 spiro atoms. The Morgan fingerprint density at radius 3 is 2.76 bits per heavy atom. The molecule has 1 heterocycles. The lowest BCUT2D eigenvalue weighted by Gasteiger charge is -2.06. The van der Waals surface area contributed by atoms with Crippen molar-refractivity contribution in [2.75, 3.05) is 11.9 Å². The maximum Gasteiger partial charge on any atom is 0.341 e. The Balaban J connectivity index is 2.23. The SMILES string of the molecule is CCOC(=O)c1cc(C)sc1NC(=O)c1cccc(O)c1. The molecule has 1 aromatic carbocycles. The first-order valence-electron chi connectivity index (χ1n) is 6.39. The molecule has 110 valence electrons. The molecule has 1 aromatic heterocycles. The number of carbonyl (C=O) groups excluding carboxylic acids is 2. The first-order chi connectivity index (χ1) is 10.0. The van der Waals surface area contributed by atoms with E-state index < -0.39 is 11.9 Å². The van der Waals surface area contributed by atoms with Crippen LogP contribution >= 0.6 is 11.3 Å². The third-order valence-electron chi connectivity index (χ3n) is 2.69. The normalized spacial score (nSPS) is 10.2. The summed E-state index contributed by atoms with van der Waals surface area (Å²) in [5, 5.41) is 12.5. The number of rotatable bonds is 4. The summed E-state index contributed by atoms with van der Waals surface area (Å²) in [6.07, 6.45) is 0. The molecule has 0 saturated heterocycles. The van der Waals surface area contributed by atoms with E-state index in [-0.39, 0.29) is 12.4 Å². The molecule has 0 saturated carbocycles. The minimum Gasteiger partial charge on any atom is -0.508 e. The predicted octanol–water partition coefficient (Wildman–Crippen LogP) is 3.19. The van der Waals surface area contributed by atoms with Crippen molar-refractivity contribution in [1.82, 2.24) is 0 Å². The molecule has 0 atom stereocenters. The molecule has 0 aliphatic rings. The van der Waals surface area contributed by atoms with Gasteiger partial charge in [0.05, 0.1) is 12.2 Å². The van der Waals surface area contributed by atoms with Crippen molar-refractivity contribution in [1.29, 1.82) is 0 Å². The number of carbonyl (C=O) groups is 2. The molecular weight excluding hydrogens is 290 g/mol. The minimum atomic E-state index is -0.465. The highest BCUT2D eigenvalue weighted by Gasteiger charge is 2.18. The second kappa shape index (κ2) is 6.41. The molecule has 0 unspecified atom stereocenters. The number of aryl methyl sites for hydroxylation is 1. The Labute approximate surface area is 126 Å². The number of hydrogen-bond acceptors (Lipinski definition) is 5. The second-order valence-corrected chi connectivity index (χ2v) is 5.58. The largest absolute Gasteiger partial charge is 0.508 e. The average Bonchev–Trinajstić information content (AvgIpc) is 2.80. The lowest BCUT2D eigenvalue weighted by molar-refractivity contribution is 0.0528. The molecule has 0 radical (unpaired) electrons. The number of esters is 1. The van der Waals surface area contributed by atoms with Crippen molar-refractivity contribution in [2.24, 2.45) is 0 Å². The molecule has 2 N–H and O–H groups in total. The van der Waals surface area contributed by atoms with E-state index in [9.17, 15) is 14.7 Å². The Hall–Kier alpha value is -2.34. The van der Waals surface area contributed by atoms with Gasteiger partial charge in [0.25, 0.3) is 5.91 Å². The second-order valence-electron chi connectivity index (χ2n) is 4.32. The topological polar surface area (TPSA) is 75.6 Å². The predicted molar refractivity (Wildman–Crippen MR) is 81.1 cm³/mol. The number of phenols is 1. The Morgan fingerprint density at radius 2 is 2.10 bits per heavy atom. The van der Waals surface area contributed by atoms with Crippen LogP contribution in [0.25, 0.3) is 0 Å². The summed E-state index contributed by atoms with van der Waals surface area (Å²) < 4.78 is 4.96. The number of aromatic hydroxyl groups is 1. The van der Waals surface area contributed by atoms with Crippen molar-refractivity contribution < 1.29 is 19.4 Å². The molecule has 0 aliphatic heterocycles. The van der Waals surface area contributed by atoms with Gasteiger partial charge in [0, 0.05) is 10.4 Å². The van der Waals surface area contributed by atoms with Crippen molar-refractivity contribution in [3.05, 3.63) is 46.3 Å². The van der Waals surface area contributed by atoms with Gasteiger partial charge in [-0.25, -0.2) is 4.79 Å². The Morgan fingerprint density at radius 1 is 1.33 bits per heavy atom. The van der Waals surface area contributed by atoms with Crippen LogP contribution < -0.4 is 5.32 Å². The standard InChI is InChI=1S/C15H15NO4S/c1-3-20-15(19)12-7-9(2)21-14(12)16-13(18)10-5-4-6-11(17)8-10/h4-8,17H,3H2,1-2H3,(H,16,18). The highest BCUT2D eigenvalue weighted by atomic mass is 32.1. The molecule has 5 nitrogen and oxygen atoms in total. The number of amides is 1. The van der Waals surface area contributed by atoms with Gasteiger partial charge in [0.1, 0.15) is 10.8 Å². The van der Waals surface area contributed by atoms with E-state index in [1.807, 2.05) is 6.92 Å². The highest BCUT2D eigenvalue weighted by Crippen LogP contribution is 2.29. The van der Waals surface area contributed by atoms with Gasteiger partial charge in [0.15, 0.2) is 0 Å². The zero-order valence-electron chi connectivity index (χ0n) is 11.7. The summed E-state index contributed by atoms with van der Waals surface area (Å²) in [6.45, 7) is 3.84. The van der Waals surface area contributed by atoms with Crippen molar-refractivity contribution >= 4 is 28.2 Å². The molecule has 0 aliphatic carbocycles. The van der Waals surface area contributed by atoms with Crippen LogP contribution in [0.4, 0.5) is 5.00 Å². The number of ether oxygens (including phenoxy) is 1. The molecule has 2 aromatic rings. The van der Waals surface area contributed by atoms with Crippen molar-refractivity contribution in [3.8, 4) is 5.75 Å². The van der Waals surface area contributed by atoms with Crippen molar-refractivity contribution in [3.63, 3.8) is 0 Å². The number of phenolic OH excluding ortho intramolecular Hbond substituents is 1. The lowest BCUT2D eigenvalue weighted by Crippen LogP contribution is -2.14. The monoisotopic (exact) mass is 305 g/mol. The van der Waals surface area contributed by atoms with Crippen LogP contribution in [0.5, 0.6) is 5.75 Å². The van der Waals surface area contributed by atoms with Gasteiger partial charge in [-0.15, -0.1) is 11.3 Å². The number of anilines is 1. The van der Waals surface area contributed by atoms with Gasteiger partial charge in [-0.05, 0) is 38.1 Å². The molecule has 6 heteroatoms. The molecule has 0 bridgehead atoms. The number of benzene rings is 1. The molecular formula is C15H15NO4S. The maximum absolute atomic E-state index is 12.1. The van der Waals surface area contributed by atoms with Crippen LogP contribution in [0.1, 0.15) is 32.5 Å². The van der Waals surface area contributed by atoms with E-state index in [1.165, 1.54) is 23.5 Å². The number of nitrogens with one attached hydrogen (secondary N) is 1. The van der Waals surface area contributed by atoms with E-state index in [4.69, 9.17) is 4.74 Å². The summed E-state index contributed by atoms with van der Waals surface area (Å²) in [5.41, 5.74) is 0.656. The highest BCUT2D eigenvalue weighted by molar-refractivity contribution is 7.16. The summed E-state index contributed by atoms with van der Waals surface area (Å²) in [4.78, 5) is 24.9. The summed E-state index contributed by atoms with van der Waals surface area (Å²) >= 11 is 1.30. The van der Waals surface area contributed by atoms with Gasteiger partial charge >= 0.3 is 5.97 Å². The smallest absolute Gasteiger partial charge is 0.341 e. The number of thiophene rings is 1. The fourth-order valence-electron chi connectivity index (χ4n) is 1.79. The Bertz CT molecular complexity index is 678. The summed E-state index contributed by atoms with van der Waals surface area (Å²) in [7, 11) is 0. The Kier molecular flexibility index (Phi) is 4.59. The third-order valence-corrected chi connectivity index (χ3v) is 3.65. The van der Waals surface area contributed by atoms with Crippen LogP contribution in [0.2, 0.25) is 0 Å². The van der Waals surface area contributed by atoms with E-state index in [0.717, 1.165) is 4.88 Å². The van der Waals surface area contributed by atoms with Gasteiger partial charge in [-0.1, -0.05) is 6.07 Å². The lowest BCUT2D eigenvalue weighted by atomic mass is 10.2.